The molecule has 16 heavy (non-hydrogen) atoms. The fraction of sp³-hybridized carbons (Fsp3) is 0.455. The highest BCUT2D eigenvalue weighted by Crippen LogP contribution is 2.19. The quantitative estimate of drug-likeness (QED) is 0.707. The molecule has 0 fully saturated rings. The van der Waals surface area contributed by atoms with Crippen LogP contribution in [-0.4, -0.2) is 31.1 Å². The van der Waals surface area contributed by atoms with Crippen LogP contribution in [0.1, 0.15) is 13.3 Å². The molecule has 0 saturated heterocycles. The van der Waals surface area contributed by atoms with Crippen molar-refractivity contribution in [1.82, 2.24) is 10.3 Å². The van der Waals surface area contributed by atoms with Crippen molar-refractivity contribution in [2.24, 2.45) is 0 Å². The number of ether oxygens (including phenoxy) is 1. The van der Waals surface area contributed by atoms with Gasteiger partial charge in [-0.3, -0.25) is 4.79 Å². The van der Waals surface area contributed by atoms with Gasteiger partial charge in [-0.2, -0.15) is 0 Å². The van der Waals surface area contributed by atoms with Gasteiger partial charge in [-0.25, -0.2) is 4.98 Å². The maximum absolute atomic E-state index is 11.5. The van der Waals surface area contributed by atoms with E-state index in [9.17, 15) is 4.79 Å². The average Bonchev–Trinajstić information content (AvgIpc) is 2.30. The number of carbonyl (C=O) groups is 1. The lowest BCUT2D eigenvalue weighted by Gasteiger charge is -2.08. The summed E-state index contributed by atoms with van der Waals surface area (Å²) in [6.07, 6.45) is 2.62. The number of nitrogens with one attached hydrogen (secondary N) is 2. The fourth-order valence-electron chi connectivity index (χ4n) is 1.22. The molecule has 0 atom stereocenters. The van der Waals surface area contributed by atoms with Crippen LogP contribution in [0.2, 0.25) is 0 Å². The minimum Gasteiger partial charge on any atom is -0.480 e. The molecule has 1 aromatic heterocycles. The number of anilines is 1. The summed E-state index contributed by atoms with van der Waals surface area (Å²) in [6.45, 7) is 3.18. The van der Waals surface area contributed by atoms with Crippen LogP contribution in [0.5, 0.6) is 5.88 Å². The number of amides is 1. The van der Waals surface area contributed by atoms with Gasteiger partial charge in [0.1, 0.15) is 5.69 Å². The van der Waals surface area contributed by atoms with E-state index in [1.165, 1.54) is 7.11 Å². The molecule has 0 unspecified atom stereocenters. The second kappa shape index (κ2) is 6.79. The molecule has 0 aliphatic heterocycles. The van der Waals surface area contributed by atoms with Crippen LogP contribution in [0.4, 0.5) is 5.69 Å². The van der Waals surface area contributed by atoms with E-state index in [4.69, 9.17) is 4.74 Å². The summed E-state index contributed by atoms with van der Waals surface area (Å²) in [5.74, 6) is 0.325. The lowest BCUT2D eigenvalue weighted by atomic mass is 10.4. The highest BCUT2D eigenvalue weighted by atomic mass is 16.5. The summed E-state index contributed by atoms with van der Waals surface area (Å²) in [4.78, 5) is 15.5. The zero-order valence-corrected chi connectivity index (χ0v) is 9.62. The first-order chi connectivity index (χ1) is 7.77. The van der Waals surface area contributed by atoms with Crippen molar-refractivity contribution in [3.63, 3.8) is 0 Å². The van der Waals surface area contributed by atoms with Crippen LogP contribution < -0.4 is 15.4 Å². The third kappa shape index (κ3) is 3.86. The summed E-state index contributed by atoms with van der Waals surface area (Å²) >= 11 is 0. The number of nitrogens with zero attached hydrogens (tertiary/aromatic N) is 1. The predicted octanol–water partition coefficient (Wildman–Crippen LogP) is 1.03. The Morgan fingerprint density at radius 3 is 3.06 bits per heavy atom. The highest BCUT2D eigenvalue weighted by molar-refractivity contribution is 5.93. The molecule has 0 radical (unpaired) electrons. The van der Waals surface area contributed by atoms with Gasteiger partial charge in [-0.15, -0.1) is 0 Å². The Morgan fingerprint density at radius 2 is 2.38 bits per heavy atom. The molecule has 0 aliphatic carbocycles. The largest absolute Gasteiger partial charge is 0.480 e. The van der Waals surface area contributed by atoms with Crippen molar-refractivity contribution in [2.75, 3.05) is 25.5 Å². The number of hydrogen-bond acceptors (Lipinski definition) is 4. The Hall–Kier alpha value is -1.62. The Labute approximate surface area is 95.2 Å². The third-order valence-electron chi connectivity index (χ3n) is 1.95. The van der Waals surface area contributed by atoms with E-state index in [0.717, 1.165) is 13.0 Å². The van der Waals surface area contributed by atoms with Gasteiger partial charge in [0.25, 0.3) is 0 Å². The molecule has 0 saturated carbocycles. The third-order valence-corrected chi connectivity index (χ3v) is 1.95. The molecular weight excluding hydrogens is 206 g/mol. The summed E-state index contributed by atoms with van der Waals surface area (Å²) in [5, 5.41) is 5.75. The van der Waals surface area contributed by atoms with Gasteiger partial charge < -0.3 is 15.4 Å². The zero-order valence-electron chi connectivity index (χ0n) is 9.62. The Bertz CT molecular complexity index is 342. The molecule has 1 rings (SSSR count). The van der Waals surface area contributed by atoms with E-state index in [-0.39, 0.29) is 5.91 Å². The fourth-order valence-corrected chi connectivity index (χ4v) is 1.22. The van der Waals surface area contributed by atoms with Crippen molar-refractivity contribution in [1.29, 1.82) is 0 Å². The van der Waals surface area contributed by atoms with Gasteiger partial charge in [0, 0.05) is 6.20 Å². The second-order valence-electron chi connectivity index (χ2n) is 3.29. The lowest BCUT2D eigenvalue weighted by Crippen LogP contribution is -2.28. The monoisotopic (exact) mass is 223 g/mol. The first kappa shape index (κ1) is 12.4. The van der Waals surface area contributed by atoms with Crippen LogP contribution in [0.25, 0.3) is 0 Å². The summed E-state index contributed by atoms with van der Waals surface area (Å²) in [6, 6.07) is 3.50. The van der Waals surface area contributed by atoms with Crippen molar-refractivity contribution >= 4 is 11.6 Å². The molecule has 0 spiro atoms. The van der Waals surface area contributed by atoms with Gasteiger partial charge in [0.05, 0.1) is 13.7 Å². The van der Waals surface area contributed by atoms with Crippen LogP contribution in [0.3, 0.4) is 0 Å². The van der Waals surface area contributed by atoms with Crippen LogP contribution in [0.15, 0.2) is 18.3 Å². The smallest absolute Gasteiger partial charge is 0.238 e. The van der Waals surface area contributed by atoms with Gasteiger partial charge >= 0.3 is 0 Å². The molecule has 1 amide bonds. The lowest BCUT2D eigenvalue weighted by molar-refractivity contribution is -0.115. The molecule has 0 aliphatic rings. The predicted molar refractivity (Wildman–Crippen MR) is 62.6 cm³/mol. The van der Waals surface area contributed by atoms with E-state index < -0.39 is 0 Å². The SMILES string of the molecule is CCCNCC(=O)Nc1cccnc1OC. The van der Waals surface area contributed by atoms with Crippen molar-refractivity contribution in [3.05, 3.63) is 18.3 Å². The standard InChI is InChI=1S/C11H17N3O2/c1-3-6-12-8-10(15)14-9-5-4-7-13-11(9)16-2/h4-5,7,12H,3,6,8H2,1-2H3,(H,14,15). The topological polar surface area (TPSA) is 63.2 Å². The summed E-state index contributed by atoms with van der Waals surface area (Å²) in [5.41, 5.74) is 0.591. The number of aromatic nitrogens is 1. The van der Waals surface area contributed by atoms with Crippen molar-refractivity contribution < 1.29 is 9.53 Å². The van der Waals surface area contributed by atoms with E-state index in [0.29, 0.717) is 18.1 Å². The molecular formula is C11H17N3O2. The molecule has 5 heteroatoms. The highest BCUT2D eigenvalue weighted by Gasteiger charge is 2.06. The molecule has 5 nitrogen and oxygen atoms in total. The first-order valence-electron chi connectivity index (χ1n) is 5.27. The van der Waals surface area contributed by atoms with E-state index in [1.54, 1.807) is 18.3 Å². The van der Waals surface area contributed by atoms with Crippen LogP contribution in [0, 0.1) is 0 Å². The van der Waals surface area contributed by atoms with Gasteiger partial charge in [-0.05, 0) is 25.1 Å². The zero-order chi connectivity index (χ0) is 11.8. The Balaban J connectivity index is 2.49. The van der Waals surface area contributed by atoms with Crippen molar-refractivity contribution in [2.45, 2.75) is 13.3 Å². The number of rotatable bonds is 6. The Morgan fingerprint density at radius 1 is 1.56 bits per heavy atom. The van der Waals surface area contributed by atoms with Gasteiger partial charge in [0.15, 0.2) is 0 Å². The maximum atomic E-state index is 11.5. The van der Waals surface area contributed by atoms with Gasteiger partial charge in [0.2, 0.25) is 11.8 Å². The minimum atomic E-state index is -0.0975. The number of carbonyl (C=O) groups excluding carboxylic acids is 1. The minimum absolute atomic E-state index is 0.0975. The summed E-state index contributed by atoms with van der Waals surface area (Å²) < 4.78 is 5.03. The second-order valence-corrected chi connectivity index (χ2v) is 3.29. The summed E-state index contributed by atoms with van der Waals surface area (Å²) in [7, 11) is 1.52. The van der Waals surface area contributed by atoms with E-state index in [2.05, 4.69) is 22.5 Å². The number of methoxy groups -OCH3 is 1. The molecule has 1 aromatic rings. The molecule has 0 aromatic carbocycles. The number of pyridine rings is 1. The Kier molecular flexibility index (Phi) is 5.28. The van der Waals surface area contributed by atoms with E-state index in [1.807, 2.05) is 0 Å². The molecule has 2 N–H and O–H groups in total. The van der Waals surface area contributed by atoms with Gasteiger partial charge in [-0.1, -0.05) is 6.92 Å². The van der Waals surface area contributed by atoms with Crippen molar-refractivity contribution in [3.8, 4) is 5.88 Å². The molecule has 0 bridgehead atoms. The van der Waals surface area contributed by atoms with Crippen LogP contribution in [-0.2, 0) is 4.79 Å². The normalized spacial score (nSPS) is 9.88. The van der Waals surface area contributed by atoms with E-state index >= 15 is 0 Å². The molecule has 88 valence electrons. The molecule has 1 heterocycles. The number of hydrogen-bond donors (Lipinski definition) is 2. The average molecular weight is 223 g/mol. The maximum Gasteiger partial charge on any atom is 0.238 e. The van der Waals surface area contributed by atoms with Crippen LogP contribution >= 0.6 is 0 Å². The first-order valence-corrected chi connectivity index (χ1v) is 5.27.